The van der Waals surface area contributed by atoms with Crippen molar-refractivity contribution in [3.63, 3.8) is 0 Å². The molecule has 0 saturated heterocycles. The third-order valence-corrected chi connectivity index (χ3v) is 2.36. The summed E-state index contributed by atoms with van der Waals surface area (Å²) in [7, 11) is 1.35. The van der Waals surface area contributed by atoms with E-state index in [0.29, 0.717) is 0 Å². The van der Waals surface area contributed by atoms with Crippen molar-refractivity contribution >= 4 is 17.6 Å². The smallest absolute Gasteiger partial charge is 0.325 e. The number of hydrogen-bond donors (Lipinski definition) is 2. The molecule has 0 aliphatic heterocycles. The van der Waals surface area contributed by atoms with E-state index in [0.717, 1.165) is 6.07 Å². The summed E-state index contributed by atoms with van der Waals surface area (Å²) in [6, 6.07) is 2.50. The average Bonchev–Trinajstić information content (AvgIpc) is 2.37. The second-order valence-electron chi connectivity index (χ2n) is 3.67. The first-order valence-electron chi connectivity index (χ1n) is 5.23. The van der Waals surface area contributed by atoms with Gasteiger partial charge in [0, 0.05) is 6.07 Å². The van der Waals surface area contributed by atoms with Gasteiger partial charge in [-0.2, -0.15) is 0 Å². The molecule has 1 amide bonds. The normalized spacial score (nSPS) is 11.5. The van der Waals surface area contributed by atoms with Gasteiger partial charge in [-0.1, -0.05) is 0 Å². The minimum Gasteiger partial charge on any atom is -0.497 e. The Morgan fingerprint density at radius 2 is 2.11 bits per heavy atom. The maximum Gasteiger partial charge on any atom is 0.325 e. The fraction of sp³-hybridized carbons (Fsp3) is 0.273. The molecular weight excluding hydrogens is 256 g/mol. The molecule has 0 radical (unpaired) electrons. The molecule has 19 heavy (non-hydrogen) atoms. The first-order valence-corrected chi connectivity index (χ1v) is 5.23. The van der Waals surface area contributed by atoms with Crippen LogP contribution in [0.1, 0.15) is 17.3 Å². The molecule has 1 unspecified atom stereocenters. The van der Waals surface area contributed by atoms with Gasteiger partial charge in [0.1, 0.15) is 17.4 Å². The van der Waals surface area contributed by atoms with Gasteiger partial charge >= 0.3 is 5.97 Å². The fourth-order valence-electron chi connectivity index (χ4n) is 1.32. The number of hydrogen-bond acceptors (Lipinski definition) is 5. The molecule has 1 aromatic rings. The molecule has 8 nitrogen and oxygen atoms in total. The number of carbonyl (C=O) groups is 2. The van der Waals surface area contributed by atoms with E-state index in [1.54, 1.807) is 0 Å². The number of carboxylic acid groups (broad SMARTS) is 1. The zero-order valence-corrected chi connectivity index (χ0v) is 10.2. The summed E-state index contributed by atoms with van der Waals surface area (Å²) in [4.78, 5) is 32.5. The zero-order valence-electron chi connectivity index (χ0n) is 10.2. The number of methoxy groups -OCH3 is 1. The molecule has 0 fully saturated rings. The van der Waals surface area contributed by atoms with Crippen LogP contribution < -0.4 is 10.1 Å². The maximum atomic E-state index is 11.8. The van der Waals surface area contributed by atoms with Crippen molar-refractivity contribution in [2.75, 3.05) is 7.11 Å². The summed E-state index contributed by atoms with van der Waals surface area (Å²) in [5.41, 5.74) is -0.673. The summed E-state index contributed by atoms with van der Waals surface area (Å²) in [5, 5.41) is 21.6. The lowest BCUT2D eigenvalue weighted by Gasteiger charge is -2.10. The van der Waals surface area contributed by atoms with Crippen molar-refractivity contribution in [2.24, 2.45) is 0 Å². The van der Waals surface area contributed by atoms with E-state index in [1.165, 1.54) is 26.2 Å². The number of aliphatic carboxylic acids is 1. The van der Waals surface area contributed by atoms with Crippen molar-refractivity contribution in [2.45, 2.75) is 13.0 Å². The van der Waals surface area contributed by atoms with E-state index >= 15 is 0 Å². The van der Waals surface area contributed by atoms with Crippen molar-refractivity contribution in [3.05, 3.63) is 33.9 Å². The van der Waals surface area contributed by atoms with E-state index in [9.17, 15) is 19.7 Å². The number of nitro benzene ring substituents is 1. The van der Waals surface area contributed by atoms with Crippen LogP contribution in [0.4, 0.5) is 5.69 Å². The third-order valence-electron chi connectivity index (χ3n) is 2.36. The molecule has 1 rings (SSSR count). The number of amides is 1. The average molecular weight is 268 g/mol. The van der Waals surface area contributed by atoms with Gasteiger partial charge in [-0.05, 0) is 19.1 Å². The van der Waals surface area contributed by atoms with Gasteiger partial charge in [0.15, 0.2) is 0 Å². The second-order valence-corrected chi connectivity index (χ2v) is 3.67. The SMILES string of the molecule is COc1ccc([N+](=O)[O-])c(C(=O)NC(C)C(=O)O)c1. The molecular formula is C11H12N2O6. The molecule has 0 bridgehead atoms. The Balaban J connectivity index is 3.12. The van der Waals surface area contributed by atoms with Crippen LogP contribution in [-0.4, -0.2) is 35.1 Å². The van der Waals surface area contributed by atoms with Gasteiger partial charge in [0.2, 0.25) is 0 Å². The Bertz CT molecular complexity index is 528. The first kappa shape index (κ1) is 14.4. The lowest BCUT2D eigenvalue weighted by atomic mass is 10.1. The molecule has 0 spiro atoms. The largest absolute Gasteiger partial charge is 0.497 e. The molecule has 0 heterocycles. The van der Waals surface area contributed by atoms with Crippen LogP contribution in [0.25, 0.3) is 0 Å². The van der Waals surface area contributed by atoms with E-state index in [4.69, 9.17) is 9.84 Å². The Labute approximate surface area is 108 Å². The zero-order chi connectivity index (χ0) is 14.6. The third kappa shape index (κ3) is 3.41. The van der Waals surface area contributed by atoms with E-state index in [2.05, 4.69) is 5.32 Å². The number of nitrogens with one attached hydrogen (secondary N) is 1. The summed E-state index contributed by atoms with van der Waals surface area (Å²) < 4.78 is 4.87. The number of carboxylic acids is 1. The quantitative estimate of drug-likeness (QED) is 0.602. The fourth-order valence-corrected chi connectivity index (χ4v) is 1.32. The minimum absolute atomic E-state index is 0.252. The summed E-state index contributed by atoms with van der Waals surface area (Å²) in [5.74, 6) is -1.82. The van der Waals surface area contributed by atoms with Crippen molar-refractivity contribution < 1.29 is 24.4 Å². The maximum absolute atomic E-state index is 11.8. The lowest BCUT2D eigenvalue weighted by molar-refractivity contribution is -0.385. The van der Waals surface area contributed by atoms with Crippen LogP contribution in [-0.2, 0) is 4.79 Å². The molecule has 0 aliphatic rings. The van der Waals surface area contributed by atoms with Crippen LogP contribution in [0.5, 0.6) is 5.75 Å². The highest BCUT2D eigenvalue weighted by molar-refractivity contribution is 6.00. The summed E-state index contributed by atoms with van der Waals surface area (Å²) >= 11 is 0. The van der Waals surface area contributed by atoms with Gasteiger partial charge in [-0.15, -0.1) is 0 Å². The van der Waals surface area contributed by atoms with E-state index < -0.39 is 28.5 Å². The number of carbonyl (C=O) groups excluding carboxylic acids is 1. The summed E-state index contributed by atoms with van der Waals surface area (Å²) in [6.45, 7) is 1.26. The van der Waals surface area contributed by atoms with Crippen molar-refractivity contribution in [1.82, 2.24) is 5.32 Å². The summed E-state index contributed by atoms with van der Waals surface area (Å²) in [6.07, 6.45) is 0. The molecule has 8 heteroatoms. The van der Waals surface area contributed by atoms with Crippen molar-refractivity contribution in [1.29, 1.82) is 0 Å². The van der Waals surface area contributed by atoms with Crippen LogP contribution in [0, 0.1) is 10.1 Å². The standard InChI is InChI=1S/C11H12N2O6/c1-6(11(15)16)12-10(14)8-5-7(19-2)3-4-9(8)13(17)18/h3-6H,1-2H3,(H,12,14)(H,15,16). The van der Waals surface area contributed by atoms with Crippen LogP contribution in [0.2, 0.25) is 0 Å². The van der Waals surface area contributed by atoms with Crippen LogP contribution in [0.15, 0.2) is 18.2 Å². The molecule has 0 aromatic heterocycles. The Kier molecular flexibility index (Phi) is 4.41. The van der Waals surface area contributed by atoms with E-state index in [-0.39, 0.29) is 11.3 Å². The Morgan fingerprint density at radius 1 is 1.47 bits per heavy atom. The van der Waals surface area contributed by atoms with Crippen LogP contribution >= 0.6 is 0 Å². The molecule has 1 aromatic carbocycles. The Hall–Kier alpha value is -2.64. The van der Waals surface area contributed by atoms with E-state index in [1.807, 2.05) is 0 Å². The van der Waals surface area contributed by atoms with Crippen molar-refractivity contribution in [3.8, 4) is 5.75 Å². The molecule has 102 valence electrons. The number of benzene rings is 1. The monoisotopic (exact) mass is 268 g/mol. The predicted molar refractivity (Wildman–Crippen MR) is 64.2 cm³/mol. The topological polar surface area (TPSA) is 119 Å². The van der Waals surface area contributed by atoms with Crippen LogP contribution in [0.3, 0.4) is 0 Å². The number of nitro groups is 1. The Morgan fingerprint density at radius 3 is 2.58 bits per heavy atom. The second kappa shape index (κ2) is 5.80. The van der Waals surface area contributed by atoms with Gasteiger partial charge in [0.05, 0.1) is 12.0 Å². The van der Waals surface area contributed by atoms with Gasteiger partial charge in [0.25, 0.3) is 11.6 Å². The number of ether oxygens (including phenoxy) is 1. The van der Waals surface area contributed by atoms with Gasteiger partial charge < -0.3 is 15.2 Å². The highest BCUT2D eigenvalue weighted by Gasteiger charge is 2.23. The molecule has 1 atom stereocenters. The first-order chi connectivity index (χ1) is 8.86. The highest BCUT2D eigenvalue weighted by atomic mass is 16.6. The molecule has 2 N–H and O–H groups in total. The minimum atomic E-state index is -1.24. The lowest BCUT2D eigenvalue weighted by Crippen LogP contribution is -2.38. The highest BCUT2D eigenvalue weighted by Crippen LogP contribution is 2.23. The molecule has 0 saturated carbocycles. The number of rotatable bonds is 5. The number of nitrogens with zero attached hydrogens (tertiary/aromatic N) is 1. The van der Waals surface area contributed by atoms with Gasteiger partial charge in [-0.3, -0.25) is 19.7 Å². The van der Waals surface area contributed by atoms with Gasteiger partial charge in [-0.25, -0.2) is 0 Å². The molecule has 0 aliphatic carbocycles. The predicted octanol–water partition coefficient (Wildman–Crippen LogP) is 0.806.